The summed E-state index contributed by atoms with van der Waals surface area (Å²) in [6.07, 6.45) is 7.94. The molecule has 1 unspecified atom stereocenters. The van der Waals surface area contributed by atoms with Crippen LogP contribution in [-0.4, -0.2) is 40.4 Å². The average Bonchev–Trinajstić information content (AvgIpc) is 3.25. The molecule has 5 heteroatoms. The van der Waals surface area contributed by atoms with Gasteiger partial charge in [0, 0.05) is 38.1 Å². The van der Waals surface area contributed by atoms with Gasteiger partial charge in [-0.3, -0.25) is 4.90 Å². The number of benzene rings is 2. The summed E-state index contributed by atoms with van der Waals surface area (Å²) in [5.41, 5.74) is 2.12. The van der Waals surface area contributed by atoms with Crippen molar-refractivity contribution >= 4 is 0 Å². The molecule has 0 aliphatic heterocycles. The molecule has 0 spiro atoms. The van der Waals surface area contributed by atoms with Gasteiger partial charge in [-0.25, -0.2) is 4.39 Å². The highest BCUT2D eigenvalue weighted by Gasteiger charge is 2.21. The highest BCUT2D eigenvalue weighted by Crippen LogP contribution is 2.25. The van der Waals surface area contributed by atoms with Gasteiger partial charge in [-0.05, 0) is 60.7 Å². The minimum Gasteiger partial charge on any atom is -0.491 e. The van der Waals surface area contributed by atoms with Gasteiger partial charge in [0.15, 0.2) is 0 Å². The topological polar surface area (TPSA) is 37.6 Å². The van der Waals surface area contributed by atoms with E-state index >= 15 is 0 Å². The Labute approximate surface area is 196 Å². The Kier molecular flexibility index (Phi) is 8.56. The summed E-state index contributed by atoms with van der Waals surface area (Å²) in [4.78, 5) is 2.37. The number of aliphatic hydroxyl groups is 1. The van der Waals surface area contributed by atoms with Crippen LogP contribution in [0.4, 0.5) is 4.39 Å². The van der Waals surface area contributed by atoms with Crippen LogP contribution in [0.2, 0.25) is 0 Å². The van der Waals surface area contributed by atoms with Gasteiger partial charge in [0.05, 0.1) is 0 Å². The molecule has 1 aliphatic rings. The Balaban J connectivity index is 1.40. The number of aromatic nitrogens is 1. The van der Waals surface area contributed by atoms with Crippen molar-refractivity contribution in [3.05, 3.63) is 90.0 Å². The SMILES string of the molecule is OC(COc1ccccc1)CN(Cc1cccn1Cc1cccc(F)c1)CC1CCCCC1. The van der Waals surface area contributed by atoms with Crippen LogP contribution in [0.3, 0.4) is 0 Å². The van der Waals surface area contributed by atoms with Crippen LogP contribution in [0.5, 0.6) is 5.75 Å². The van der Waals surface area contributed by atoms with E-state index in [0.717, 1.165) is 24.4 Å². The van der Waals surface area contributed by atoms with Crippen LogP contribution < -0.4 is 4.74 Å². The van der Waals surface area contributed by atoms with Crippen molar-refractivity contribution in [1.29, 1.82) is 0 Å². The van der Waals surface area contributed by atoms with E-state index in [9.17, 15) is 9.50 Å². The monoisotopic (exact) mass is 450 g/mol. The van der Waals surface area contributed by atoms with Gasteiger partial charge in [0.2, 0.25) is 0 Å². The maximum absolute atomic E-state index is 13.6. The Bertz CT molecular complexity index is 969. The molecule has 1 aliphatic carbocycles. The van der Waals surface area contributed by atoms with Gasteiger partial charge >= 0.3 is 0 Å². The van der Waals surface area contributed by atoms with Crippen molar-refractivity contribution < 1.29 is 14.2 Å². The molecule has 176 valence electrons. The minimum atomic E-state index is -0.569. The number of aliphatic hydroxyl groups excluding tert-OH is 1. The zero-order valence-corrected chi connectivity index (χ0v) is 19.3. The molecule has 1 fully saturated rings. The number of hydrogen-bond donors (Lipinski definition) is 1. The second-order valence-electron chi connectivity index (χ2n) is 9.23. The lowest BCUT2D eigenvalue weighted by molar-refractivity contribution is 0.0560. The molecule has 33 heavy (non-hydrogen) atoms. The summed E-state index contributed by atoms with van der Waals surface area (Å²) < 4.78 is 21.6. The average molecular weight is 451 g/mol. The predicted octanol–water partition coefficient (Wildman–Crippen LogP) is 5.50. The second-order valence-corrected chi connectivity index (χ2v) is 9.23. The van der Waals surface area contributed by atoms with Gasteiger partial charge in [0.1, 0.15) is 24.3 Å². The molecule has 1 saturated carbocycles. The molecule has 4 nitrogen and oxygen atoms in total. The number of ether oxygens (including phenoxy) is 1. The predicted molar refractivity (Wildman–Crippen MR) is 130 cm³/mol. The summed E-state index contributed by atoms with van der Waals surface area (Å²) in [5.74, 6) is 1.24. The van der Waals surface area contributed by atoms with Crippen molar-refractivity contribution in [3.63, 3.8) is 0 Å². The third kappa shape index (κ3) is 7.44. The molecule has 0 amide bonds. The largest absolute Gasteiger partial charge is 0.491 e. The molecular weight excluding hydrogens is 415 g/mol. The normalized spacial score (nSPS) is 15.6. The summed E-state index contributed by atoms with van der Waals surface area (Å²) in [6, 6.07) is 20.6. The van der Waals surface area contributed by atoms with E-state index in [-0.39, 0.29) is 12.4 Å². The highest BCUT2D eigenvalue weighted by molar-refractivity contribution is 5.21. The van der Waals surface area contributed by atoms with Gasteiger partial charge in [-0.15, -0.1) is 0 Å². The molecule has 0 radical (unpaired) electrons. The fourth-order valence-electron chi connectivity index (χ4n) is 4.81. The number of nitrogens with zero attached hydrogens (tertiary/aromatic N) is 2. The second kappa shape index (κ2) is 12.0. The third-order valence-corrected chi connectivity index (χ3v) is 6.45. The van der Waals surface area contributed by atoms with Crippen LogP contribution in [-0.2, 0) is 13.1 Å². The van der Waals surface area contributed by atoms with Gasteiger partial charge in [-0.1, -0.05) is 49.6 Å². The lowest BCUT2D eigenvalue weighted by Gasteiger charge is -2.31. The number of halogens is 1. The van der Waals surface area contributed by atoms with Crippen LogP contribution in [0, 0.1) is 11.7 Å². The van der Waals surface area contributed by atoms with Crippen molar-refractivity contribution in [3.8, 4) is 5.75 Å². The first kappa shape index (κ1) is 23.5. The zero-order valence-electron chi connectivity index (χ0n) is 19.3. The minimum absolute atomic E-state index is 0.207. The molecule has 2 aromatic carbocycles. The molecule has 1 atom stereocenters. The Morgan fingerprint density at radius 2 is 1.82 bits per heavy atom. The molecule has 1 N–H and O–H groups in total. The quantitative estimate of drug-likeness (QED) is 0.419. The van der Waals surface area contributed by atoms with Crippen molar-refractivity contribution in [1.82, 2.24) is 9.47 Å². The van der Waals surface area contributed by atoms with Crippen LogP contribution in [0.25, 0.3) is 0 Å². The maximum Gasteiger partial charge on any atom is 0.123 e. The summed E-state index contributed by atoms with van der Waals surface area (Å²) >= 11 is 0. The van der Waals surface area contributed by atoms with E-state index in [1.165, 1.54) is 43.9 Å². The van der Waals surface area contributed by atoms with Gasteiger partial charge in [-0.2, -0.15) is 0 Å². The number of para-hydroxylation sites is 1. The van der Waals surface area contributed by atoms with E-state index in [4.69, 9.17) is 4.74 Å². The van der Waals surface area contributed by atoms with Crippen LogP contribution in [0.15, 0.2) is 72.9 Å². The first-order chi connectivity index (χ1) is 16.2. The van der Waals surface area contributed by atoms with Crippen molar-refractivity contribution in [2.24, 2.45) is 5.92 Å². The fraction of sp³-hybridized carbons (Fsp3) is 0.429. The lowest BCUT2D eigenvalue weighted by atomic mass is 9.89. The van der Waals surface area contributed by atoms with E-state index in [1.807, 2.05) is 48.7 Å². The first-order valence-electron chi connectivity index (χ1n) is 12.1. The highest BCUT2D eigenvalue weighted by atomic mass is 19.1. The number of rotatable bonds is 11. The Morgan fingerprint density at radius 3 is 2.61 bits per heavy atom. The molecule has 3 aromatic rings. The lowest BCUT2D eigenvalue weighted by Crippen LogP contribution is -2.39. The standard InChI is InChI=1S/C28H35FN2O2/c29-25-12-7-11-24(17-25)19-31-16-8-13-26(31)20-30(18-23-9-3-1-4-10-23)21-27(32)22-33-28-14-5-2-6-15-28/h2,5-8,11-17,23,27,32H,1,3-4,9-10,18-22H2. The summed E-state index contributed by atoms with van der Waals surface area (Å²) in [6.45, 7) is 3.20. The van der Waals surface area contributed by atoms with Gasteiger partial charge < -0.3 is 14.4 Å². The van der Waals surface area contributed by atoms with E-state index in [2.05, 4.69) is 15.5 Å². The van der Waals surface area contributed by atoms with Crippen molar-refractivity contribution in [2.45, 2.75) is 51.3 Å². The Hall–Kier alpha value is -2.63. The van der Waals surface area contributed by atoms with E-state index in [1.54, 1.807) is 12.1 Å². The molecular formula is C28H35FN2O2. The fourth-order valence-corrected chi connectivity index (χ4v) is 4.81. The zero-order chi connectivity index (χ0) is 22.9. The third-order valence-electron chi connectivity index (χ3n) is 6.45. The van der Waals surface area contributed by atoms with E-state index in [0.29, 0.717) is 19.0 Å². The summed E-state index contributed by atoms with van der Waals surface area (Å²) in [5, 5.41) is 10.8. The maximum atomic E-state index is 13.6. The molecule has 4 rings (SSSR count). The van der Waals surface area contributed by atoms with Crippen LogP contribution >= 0.6 is 0 Å². The molecule has 1 heterocycles. The first-order valence-corrected chi connectivity index (χ1v) is 12.1. The Morgan fingerprint density at radius 1 is 1.00 bits per heavy atom. The van der Waals surface area contributed by atoms with Crippen molar-refractivity contribution in [2.75, 3.05) is 19.7 Å². The molecule has 0 saturated heterocycles. The van der Waals surface area contributed by atoms with E-state index < -0.39 is 6.10 Å². The molecule has 0 bridgehead atoms. The summed E-state index contributed by atoms with van der Waals surface area (Å²) in [7, 11) is 0. The smallest absolute Gasteiger partial charge is 0.123 e. The molecule has 1 aromatic heterocycles. The number of hydrogen-bond acceptors (Lipinski definition) is 3. The van der Waals surface area contributed by atoms with Gasteiger partial charge in [0.25, 0.3) is 0 Å². The van der Waals surface area contributed by atoms with Crippen LogP contribution in [0.1, 0.15) is 43.4 Å².